The van der Waals surface area contributed by atoms with Crippen molar-refractivity contribution in [3.63, 3.8) is 0 Å². The highest BCUT2D eigenvalue weighted by Crippen LogP contribution is 2.39. The zero-order valence-corrected chi connectivity index (χ0v) is 28.1. The second kappa shape index (κ2) is 13.4. The van der Waals surface area contributed by atoms with E-state index in [9.17, 15) is 21.6 Å². The van der Waals surface area contributed by atoms with Crippen LogP contribution in [0.5, 0.6) is 0 Å². The third-order valence-electron chi connectivity index (χ3n) is 5.69. The number of Topliss-reactive ketones (excluding diaryl/α,β-unsaturated/α-hetero) is 1. The molecule has 0 spiro atoms. The number of nitrogens with one attached hydrogen (secondary N) is 1. The summed E-state index contributed by atoms with van der Waals surface area (Å²) in [4.78, 5) is 12.3. The van der Waals surface area contributed by atoms with Crippen molar-refractivity contribution in [1.82, 2.24) is 4.72 Å². The first kappa shape index (κ1) is 32.6. The Bertz CT molecular complexity index is 1580. The lowest BCUT2D eigenvalue weighted by molar-refractivity contribution is 0.0973. The van der Waals surface area contributed by atoms with E-state index in [4.69, 9.17) is 4.74 Å². The number of carbonyl (C=O) groups excluding carboxylic acids is 1. The number of ketones is 1. The van der Waals surface area contributed by atoms with Crippen LogP contribution in [0.3, 0.4) is 0 Å². The normalized spacial score (nSPS) is 14.4. The average Bonchev–Trinajstić information content (AvgIpc) is 2.91. The molecule has 3 aromatic rings. The summed E-state index contributed by atoms with van der Waals surface area (Å²) in [6, 6.07) is 19.1. The standard InChI is InChI=1S/C27H27Br3N2O6S2/c1-4-38-26(32-40(36,37)22-16-12-19(3)13-17-22)23(28)24(27(29,30)25(33)20-8-6-5-7-9-20)31-39(34,35)21-14-10-18(2)11-15-21/h5-17,23-24,31H,4H2,1-3H3/b32-26+/t23-,24-/m0/s1. The van der Waals surface area contributed by atoms with E-state index in [1.165, 1.54) is 24.3 Å². The molecular formula is C27H27Br3N2O6S2. The Morgan fingerprint density at radius 3 is 1.88 bits per heavy atom. The summed E-state index contributed by atoms with van der Waals surface area (Å²) in [5.41, 5.74) is 1.99. The number of sulfonamides is 2. The Morgan fingerprint density at radius 1 is 0.875 bits per heavy atom. The minimum atomic E-state index is -4.26. The van der Waals surface area contributed by atoms with Gasteiger partial charge >= 0.3 is 0 Å². The van der Waals surface area contributed by atoms with Gasteiger partial charge in [-0.15, -0.1) is 4.40 Å². The number of halogens is 3. The van der Waals surface area contributed by atoms with Crippen LogP contribution in [-0.2, 0) is 24.8 Å². The maximum Gasteiger partial charge on any atom is 0.285 e. The second-order valence-corrected chi connectivity index (χ2v) is 16.7. The van der Waals surface area contributed by atoms with Gasteiger partial charge in [-0.25, -0.2) is 13.1 Å². The molecule has 40 heavy (non-hydrogen) atoms. The topological polar surface area (TPSA) is 119 Å². The molecule has 0 unspecified atom stereocenters. The van der Waals surface area contributed by atoms with E-state index in [1.54, 1.807) is 61.5 Å². The molecule has 0 aliphatic rings. The summed E-state index contributed by atoms with van der Waals surface area (Å²) in [5.74, 6) is -0.866. The first-order chi connectivity index (χ1) is 18.7. The molecule has 0 aliphatic heterocycles. The van der Waals surface area contributed by atoms with Gasteiger partial charge in [0.2, 0.25) is 15.9 Å². The van der Waals surface area contributed by atoms with Gasteiger partial charge in [-0.3, -0.25) is 4.79 Å². The van der Waals surface area contributed by atoms with Gasteiger partial charge in [-0.2, -0.15) is 8.42 Å². The van der Waals surface area contributed by atoms with Gasteiger partial charge in [-0.1, -0.05) is 114 Å². The van der Waals surface area contributed by atoms with Crippen LogP contribution < -0.4 is 4.72 Å². The van der Waals surface area contributed by atoms with Gasteiger partial charge in [0, 0.05) is 5.56 Å². The smallest absolute Gasteiger partial charge is 0.285 e. The molecule has 214 valence electrons. The predicted octanol–water partition coefficient (Wildman–Crippen LogP) is 5.91. The molecule has 8 nitrogen and oxygen atoms in total. The molecule has 0 amide bonds. The minimum Gasteiger partial charge on any atom is -0.480 e. The molecule has 0 saturated carbocycles. The number of alkyl halides is 3. The van der Waals surface area contributed by atoms with Crippen LogP contribution in [0.1, 0.15) is 28.4 Å². The number of benzene rings is 3. The Balaban J connectivity index is 2.14. The van der Waals surface area contributed by atoms with E-state index in [2.05, 4.69) is 56.9 Å². The Kier molecular flexibility index (Phi) is 10.9. The second-order valence-electron chi connectivity index (χ2n) is 8.78. The van der Waals surface area contributed by atoms with Crippen molar-refractivity contribution < 1.29 is 26.4 Å². The average molecular weight is 779 g/mol. The maximum absolute atomic E-state index is 13.7. The Morgan fingerprint density at radius 2 is 1.38 bits per heavy atom. The van der Waals surface area contributed by atoms with Gasteiger partial charge in [-0.05, 0) is 45.0 Å². The number of rotatable bonds is 11. The molecule has 0 radical (unpaired) electrons. The highest BCUT2D eigenvalue weighted by atomic mass is 79.9. The lowest BCUT2D eigenvalue weighted by atomic mass is 10.0. The first-order valence-electron chi connectivity index (χ1n) is 11.9. The van der Waals surface area contributed by atoms with Crippen molar-refractivity contribution in [3.8, 4) is 0 Å². The number of ether oxygens (including phenoxy) is 1. The van der Waals surface area contributed by atoms with Crippen LogP contribution in [0, 0.1) is 13.8 Å². The zero-order chi connectivity index (χ0) is 29.7. The van der Waals surface area contributed by atoms with E-state index in [0.29, 0.717) is 0 Å². The molecule has 0 fully saturated rings. The van der Waals surface area contributed by atoms with Crippen LogP contribution in [0.25, 0.3) is 0 Å². The summed E-state index contributed by atoms with van der Waals surface area (Å²) in [6.07, 6.45) is 0. The summed E-state index contributed by atoms with van der Waals surface area (Å²) in [6.45, 7) is 5.29. The van der Waals surface area contributed by atoms with E-state index in [-0.39, 0.29) is 27.9 Å². The van der Waals surface area contributed by atoms with Gasteiger partial charge in [0.05, 0.1) is 22.4 Å². The fourth-order valence-electron chi connectivity index (χ4n) is 3.52. The van der Waals surface area contributed by atoms with Gasteiger partial charge in [0.1, 0.15) is 4.83 Å². The van der Waals surface area contributed by atoms with Crippen LogP contribution in [0.2, 0.25) is 0 Å². The monoisotopic (exact) mass is 776 g/mol. The number of nitrogens with zero attached hydrogens (tertiary/aromatic N) is 1. The van der Waals surface area contributed by atoms with Gasteiger partial charge < -0.3 is 4.74 Å². The Hall–Kier alpha value is -1.90. The molecule has 13 heteroatoms. The molecule has 1 N–H and O–H groups in total. The van der Waals surface area contributed by atoms with E-state index >= 15 is 0 Å². The quantitative estimate of drug-likeness (QED) is 0.112. The van der Waals surface area contributed by atoms with Crippen LogP contribution in [-0.4, -0.2) is 49.2 Å². The molecular weight excluding hydrogens is 752 g/mol. The first-order valence-corrected chi connectivity index (χ1v) is 17.4. The molecule has 2 atom stereocenters. The third kappa shape index (κ3) is 7.89. The number of carbonyl (C=O) groups is 1. The lowest BCUT2D eigenvalue weighted by Crippen LogP contribution is -2.56. The molecule has 0 saturated heterocycles. The number of aryl methyl sites for hydroxylation is 2. The lowest BCUT2D eigenvalue weighted by Gasteiger charge is -2.33. The summed E-state index contributed by atoms with van der Waals surface area (Å²) >= 11 is 10.2. The predicted molar refractivity (Wildman–Crippen MR) is 167 cm³/mol. The number of hydrogen-bond acceptors (Lipinski definition) is 6. The zero-order valence-electron chi connectivity index (χ0n) is 21.7. The van der Waals surface area contributed by atoms with Gasteiger partial charge in [0.25, 0.3) is 10.0 Å². The van der Waals surface area contributed by atoms with Crippen LogP contribution in [0.15, 0.2) is 93.1 Å². The van der Waals surface area contributed by atoms with Crippen molar-refractivity contribution in [2.24, 2.45) is 4.40 Å². The third-order valence-corrected chi connectivity index (χ3v) is 11.1. The fourth-order valence-corrected chi connectivity index (χ4v) is 9.09. The molecule has 0 heterocycles. The molecule has 0 aliphatic carbocycles. The number of hydrogen-bond donors (Lipinski definition) is 1. The van der Waals surface area contributed by atoms with Crippen molar-refractivity contribution in [2.75, 3.05) is 6.61 Å². The largest absolute Gasteiger partial charge is 0.480 e. The van der Waals surface area contributed by atoms with E-state index in [1.807, 2.05) is 13.8 Å². The van der Waals surface area contributed by atoms with E-state index in [0.717, 1.165) is 11.1 Å². The van der Waals surface area contributed by atoms with Crippen LogP contribution in [0.4, 0.5) is 0 Å². The van der Waals surface area contributed by atoms with Crippen LogP contribution >= 0.6 is 47.8 Å². The van der Waals surface area contributed by atoms with E-state index < -0.39 is 39.9 Å². The van der Waals surface area contributed by atoms with Crippen molar-refractivity contribution in [2.45, 2.75) is 44.7 Å². The Labute approximate surface area is 260 Å². The summed E-state index contributed by atoms with van der Waals surface area (Å²) in [7, 11) is -8.48. The molecule has 3 aromatic carbocycles. The highest BCUT2D eigenvalue weighted by Gasteiger charge is 2.49. The van der Waals surface area contributed by atoms with Gasteiger partial charge in [0.15, 0.2) is 9.02 Å². The fraction of sp³-hybridized carbons (Fsp3) is 0.259. The summed E-state index contributed by atoms with van der Waals surface area (Å²) in [5, 5.41) is 0. The van der Waals surface area contributed by atoms with Crippen molar-refractivity contribution >= 4 is 79.5 Å². The van der Waals surface area contributed by atoms with Crippen molar-refractivity contribution in [1.29, 1.82) is 0 Å². The minimum absolute atomic E-state index is 0.0198. The summed E-state index contributed by atoms with van der Waals surface area (Å²) < 4.78 is 63.7. The van der Waals surface area contributed by atoms with Crippen molar-refractivity contribution in [3.05, 3.63) is 95.6 Å². The molecule has 0 bridgehead atoms. The molecule has 0 aromatic heterocycles. The highest BCUT2D eigenvalue weighted by molar-refractivity contribution is 9.26. The SMILES string of the molecule is CCO/C(=N/S(=O)(=O)c1ccc(C)cc1)[C@@H](Br)[C@H](NS(=O)(=O)c1ccc(C)cc1)C(Br)(Br)C(=O)c1ccccc1. The maximum atomic E-state index is 13.7. The molecule has 3 rings (SSSR count).